The van der Waals surface area contributed by atoms with Crippen LogP contribution in [0.25, 0.3) is 0 Å². The van der Waals surface area contributed by atoms with Gasteiger partial charge in [0.25, 0.3) is 0 Å². The Labute approximate surface area is 118 Å². The van der Waals surface area contributed by atoms with Gasteiger partial charge in [-0.1, -0.05) is 23.2 Å². The number of rotatable bonds is 2. The highest BCUT2D eigenvalue weighted by atomic mass is 35.5. The lowest BCUT2D eigenvalue weighted by atomic mass is 10.3. The van der Waals surface area contributed by atoms with Crippen molar-refractivity contribution in [2.24, 2.45) is 5.14 Å². The van der Waals surface area contributed by atoms with Crippen molar-refractivity contribution >= 4 is 44.8 Å². The summed E-state index contributed by atoms with van der Waals surface area (Å²) in [6, 6.07) is 0.932. The summed E-state index contributed by atoms with van der Waals surface area (Å²) in [5.41, 5.74) is -0.0280. The molecule has 6 nitrogen and oxygen atoms in total. The lowest BCUT2D eigenvalue weighted by Gasteiger charge is -2.17. The smallest absolute Gasteiger partial charge is 0.228 e. The predicted octanol–water partition coefficient (Wildman–Crippen LogP) is 0.921. The van der Waals surface area contributed by atoms with Gasteiger partial charge in [0, 0.05) is 19.0 Å². The first kappa shape index (κ1) is 14.4. The Balaban J connectivity index is 2.39. The normalized spacial score (nSPS) is 20.1. The average molecular weight is 328 g/mol. The van der Waals surface area contributed by atoms with Crippen LogP contribution in [0, 0.1) is 5.82 Å². The summed E-state index contributed by atoms with van der Waals surface area (Å²) in [4.78, 5) is 16.3. The number of carbonyl (C=O) groups excluding carboxylic acids is 1. The molecule has 2 N–H and O–H groups in total. The molecule has 104 valence electrons. The maximum absolute atomic E-state index is 13.3. The van der Waals surface area contributed by atoms with Gasteiger partial charge in [0.2, 0.25) is 15.9 Å². The van der Waals surface area contributed by atoms with Crippen LogP contribution in [0.4, 0.5) is 10.1 Å². The molecule has 1 saturated heterocycles. The Bertz CT molecular complexity index is 652. The van der Waals surface area contributed by atoms with Gasteiger partial charge < -0.3 is 4.90 Å². The van der Waals surface area contributed by atoms with E-state index in [4.69, 9.17) is 28.3 Å². The minimum Gasteiger partial charge on any atom is -0.308 e. The molecule has 1 fully saturated rings. The number of carbonyl (C=O) groups is 1. The molecule has 1 aromatic rings. The second kappa shape index (κ2) is 4.86. The van der Waals surface area contributed by atoms with Crippen LogP contribution >= 0.6 is 23.2 Å². The Morgan fingerprint density at radius 1 is 1.42 bits per heavy atom. The summed E-state index contributed by atoms with van der Waals surface area (Å²) in [7, 11) is -3.85. The zero-order valence-electron chi connectivity index (χ0n) is 9.31. The van der Waals surface area contributed by atoms with E-state index >= 15 is 0 Å². The van der Waals surface area contributed by atoms with Gasteiger partial charge in [-0.2, -0.15) is 0 Å². The molecule has 0 aliphatic carbocycles. The molecule has 1 aromatic heterocycles. The fraction of sp³-hybridized carbons (Fsp3) is 0.333. The van der Waals surface area contributed by atoms with E-state index in [-0.39, 0.29) is 23.8 Å². The topological polar surface area (TPSA) is 93.4 Å². The van der Waals surface area contributed by atoms with Crippen LogP contribution in [0.3, 0.4) is 0 Å². The first-order chi connectivity index (χ1) is 8.70. The van der Waals surface area contributed by atoms with Gasteiger partial charge in [0.15, 0.2) is 16.1 Å². The van der Waals surface area contributed by atoms with Crippen LogP contribution in [-0.4, -0.2) is 31.1 Å². The van der Waals surface area contributed by atoms with Gasteiger partial charge in [0.1, 0.15) is 5.25 Å². The van der Waals surface area contributed by atoms with Gasteiger partial charge in [-0.05, 0) is 0 Å². The molecular weight excluding hydrogens is 320 g/mol. The van der Waals surface area contributed by atoms with E-state index in [1.807, 2.05) is 0 Å². The highest BCUT2D eigenvalue weighted by molar-refractivity contribution is 7.89. The number of hydrogen-bond donors (Lipinski definition) is 1. The van der Waals surface area contributed by atoms with E-state index < -0.39 is 32.2 Å². The second-order valence-corrected chi connectivity index (χ2v) is 6.55. The standard InChI is InChI=1S/C9H8Cl2FN3O3S/c10-8-5(12)2-6(9(11)14-8)15-3-4(1-7(15)16)19(13,17)18/h2,4H,1,3H2,(H2,13,17,18). The zero-order valence-corrected chi connectivity index (χ0v) is 11.6. The molecule has 2 heterocycles. The predicted molar refractivity (Wildman–Crippen MR) is 68.1 cm³/mol. The van der Waals surface area contributed by atoms with Crippen LogP contribution in [0.5, 0.6) is 0 Å². The van der Waals surface area contributed by atoms with Crippen LogP contribution in [-0.2, 0) is 14.8 Å². The molecule has 0 radical (unpaired) electrons. The first-order valence-corrected chi connectivity index (χ1v) is 7.40. The largest absolute Gasteiger partial charge is 0.308 e. The third-order valence-corrected chi connectivity index (χ3v) is 4.50. The molecule has 1 aliphatic heterocycles. The third-order valence-electron chi connectivity index (χ3n) is 2.71. The Morgan fingerprint density at radius 2 is 2.05 bits per heavy atom. The lowest BCUT2D eigenvalue weighted by Crippen LogP contribution is -2.32. The van der Waals surface area contributed by atoms with Crippen LogP contribution in [0.1, 0.15) is 6.42 Å². The Kier molecular flexibility index (Phi) is 3.69. The Morgan fingerprint density at radius 3 is 2.58 bits per heavy atom. The summed E-state index contributed by atoms with van der Waals surface area (Å²) in [5.74, 6) is -1.38. The van der Waals surface area contributed by atoms with Crippen LogP contribution < -0.4 is 10.0 Å². The molecule has 0 bridgehead atoms. The number of halogens is 3. The lowest BCUT2D eigenvalue weighted by molar-refractivity contribution is -0.117. The summed E-state index contributed by atoms with van der Waals surface area (Å²) in [6.45, 7) is -0.194. The molecule has 1 amide bonds. The minimum atomic E-state index is -3.85. The zero-order chi connectivity index (χ0) is 14.4. The number of hydrogen-bond acceptors (Lipinski definition) is 4. The molecule has 1 unspecified atom stereocenters. The van der Waals surface area contributed by atoms with E-state index in [1.165, 1.54) is 0 Å². The highest BCUT2D eigenvalue weighted by Crippen LogP contribution is 2.32. The van der Waals surface area contributed by atoms with Crippen molar-refractivity contribution in [3.63, 3.8) is 0 Å². The van der Waals surface area contributed by atoms with Gasteiger partial charge in [-0.15, -0.1) is 0 Å². The Hall–Kier alpha value is -0.960. The van der Waals surface area contributed by atoms with Gasteiger partial charge >= 0.3 is 0 Å². The van der Waals surface area contributed by atoms with Crippen molar-refractivity contribution < 1.29 is 17.6 Å². The van der Waals surface area contributed by atoms with Gasteiger partial charge in [0.05, 0.1) is 5.69 Å². The quantitative estimate of drug-likeness (QED) is 0.817. The van der Waals surface area contributed by atoms with Crippen LogP contribution in [0.2, 0.25) is 10.3 Å². The minimum absolute atomic E-state index is 0.0280. The monoisotopic (exact) mass is 327 g/mol. The first-order valence-electron chi connectivity index (χ1n) is 5.03. The molecular formula is C9H8Cl2FN3O3S. The van der Waals surface area contributed by atoms with E-state index in [0.717, 1.165) is 11.0 Å². The van der Waals surface area contributed by atoms with Gasteiger partial charge in [-0.25, -0.2) is 22.9 Å². The molecule has 1 aliphatic rings. The highest BCUT2D eigenvalue weighted by Gasteiger charge is 2.38. The molecule has 0 spiro atoms. The number of nitrogens with zero attached hydrogens (tertiary/aromatic N) is 2. The van der Waals surface area contributed by atoms with Crippen molar-refractivity contribution in [2.75, 3.05) is 11.4 Å². The molecule has 0 saturated carbocycles. The maximum Gasteiger partial charge on any atom is 0.228 e. The van der Waals surface area contributed by atoms with Crippen molar-refractivity contribution in [2.45, 2.75) is 11.7 Å². The number of amides is 1. The summed E-state index contributed by atoms with van der Waals surface area (Å²) in [6.07, 6.45) is -0.278. The van der Waals surface area contributed by atoms with Crippen molar-refractivity contribution in [3.8, 4) is 0 Å². The number of sulfonamides is 1. The molecule has 19 heavy (non-hydrogen) atoms. The second-order valence-electron chi connectivity index (χ2n) is 3.99. The third kappa shape index (κ3) is 2.81. The van der Waals surface area contributed by atoms with Crippen molar-refractivity contribution in [1.29, 1.82) is 0 Å². The number of nitrogens with two attached hydrogens (primary N) is 1. The van der Waals surface area contributed by atoms with Gasteiger partial charge in [-0.3, -0.25) is 4.79 Å². The van der Waals surface area contributed by atoms with E-state index in [1.54, 1.807) is 0 Å². The van der Waals surface area contributed by atoms with E-state index in [0.29, 0.717) is 0 Å². The van der Waals surface area contributed by atoms with Crippen molar-refractivity contribution in [3.05, 3.63) is 22.2 Å². The molecule has 10 heteroatoms. The SMILES string of the molecule is NS(=O)(=O)C1CC(=O)N(c2cc(F)c(Cl)nc2Cl)C1. The van der Waals surface area contributed by atoms with Crippen LogP contribution in [0.15, 0.2) is 6.07 Å². The molecule has 0 aromatic carbocycles. The number of pyridine rings is 1. The fourth-order valence-corrected chi connectivity index (χ4v) is 2.91. The van der Waals surface area contributed by atoms with Crippen molar-refractivity contribution in [1.82, 2.24) is 4.98 Å². The summed E-state index contributed by atoms with van der Waals surface area (Å²) < 4.78 is 35.8. The van der Waals surface area contributed by atoms with E-state index in [9.17, 15) is 17.6 Å². The summed E-state index contributed by atoms with van der Waals surface area (Å²) in [5, 5.41) is 3.33. The molecule has 1 atom stereocenters. The fourth-order valence-electron chi connectivity index (χ4n) is 1.75. The maximum atomic E-state index is 13.3. The average Bonchev–Trinajstić information content (AvgIpc) is 2.65. The molecule has 2 rings (SSSR count). The number of anilines is 1. The summed E-state index contributed by atoms with van der Waals surface area (Å²) >= 11 is 11.2. The number of primary sulfonamides is 1. The number of aromatic nitrogens is 1. The van der Waals surface area contributed by atoms with E-state index in [2.05, 4.69) is 4.98 Å².